The van der Waals surface area contributed by atoms with Crippen molar-refractivity contribution in [2.45, 2.75) is 6.92 Å². The molecule has 1 rings (SSSR count). The minimum absolute atomic E-state index is 0.108. The number of thiophene rings is 1. The molecule has 15 heavy (non-hydrogen) atoms. The van der Waals surface area contributed by atoms with Gasteiger partial charge in [0.2, 0.25) is 5.91 Å². The van der Waals surface area contributed by atoms with Crippen molar-refractivity contribution in [3.8, 4) is 0 Å². The number of nitrogens with one attached hydrogen (secondary N) is 1. The number of carboxylic acids is 1. The third-order valence-corrected chi connectivity index (χ3v) is 2.57. The van der Waals surface area contributed by atoms with Crippen molar-refractivity contribution in [3.63, 3.8) is 0 Å². The van der Waals surface area contributed by atoms with E-state index in [1.54, 1.807) is 23.6 Å². The molecule has 0 atom stereocenters. The van der Waals surface area contributed by atoms with Crippen LogP contribution >= 0.6 is 11.3 Å². The van der Waals surface area contributed by atoms with E-state index < -0.39 is 5.97 Å². The lowest BCUT2D eigenvalue weighted by Crippen LogP contribution is -2.19. The summed E-state index contributed by atoms with van der Waals surface area (Å²) < 4.78 is 0. The van der Waals surface area contributed by atoms with Crippen LogP contribution in [0.1, 0.15) is 22.2 Å². The van der Waals surface area contributed by atoms with E-state index >= 15 is 0 Å². The first-order valence-corrected chi connectivity index (χ1v) is 5.21. The summed E-state index contributed by atoms with van der Waals surface area (Å²) in [5.41, 5.74) is 0.665. The molecule has 0 saturated heterocycles. The minimum Gasteiger partial charge on any atom is -0.477 e. The number of hydrogen-bond donors (Lipinski definition) is 2. The Morgan fingerprint density at radius 1 is 1.60 bits per heavy atom. The summed E-state index contributed by atoms with van der Waals surface area (Å²) in [6, 6.07) is 1.73. The molecule has 0 aromatic carbocycles. The van der Waals surface area contributed by atoms with Crippen molar-refractivity contribution in [2.75, 3.05) is 6.54 Å². The average Bonchev–Trinajstić information content (AvgIpc) is 2.60. The Bertz CT molecular complexity index is 395. The standard InChI is InChI=1S/C10H11NO3S/c1-7(12)11-5-2-3-8-4-6-15-9(8)10(13)14/h2-4,6H,5H2,1H3,(H,11,12)(H,13,14). The molecule has 1 aromatic rings. The molecule has 0 fully saturated rings. The van der Waals surface area contributed by atoms with Gasteiger partial charge in [0.15, 0.2) is 0 Å². The van der Waals surface area contributed by atoms with Crippen LogP contribution in [0.25, 0.3) is 6.08 Å². The van der Waals surface area contributed by atoms with Crippen molar-refractivity contribution in [1.82, 2.24) is 5.32 Å². The summed E-state index contributed by atoms with van der Waals surface area (Å²) in [5.74, 6) is -1.03. The van der Waals surface area contributed by atoms with Crippen LogP contribution in [0, 0.1) is 0 Å². The third-order valence-electron chi connectivity index (χ3n) is 1.66. The van der Waals surface area contributed by atoms with Gasteiger partial charge in [-0.3, -0.25) is 4.79 Å². The van der Waals surface area contributed by atoms with Crippen LogP contribution in [0.2, 0.25) is 0 Å². The molecular formula is C10H11NO3S. The highest BCUT2D eigenvalue weighted by Crippen LogP contribution is 2.17. The van der Waals surface area contributed by atoms with Crippen molar-refractivity contribution < 1.29 is 14.7 Å². The number of carboxylic acid groups (broad SMARTS) is 1. The second-order valence-electron chi connectivity index (χ2n) is 2.85. The molecule has 0 spiro atoms. The molecule has 0 aliphatic rings. The van der Waals surface area contributed by atoms with Gasteiger partial charge in [-0.05, 0) is 17.0 Å². The van der Waals surface area contributed by atoms with Crippen LogP contribution in [-0.4, -0.2) is 23.5 Å². The highest BCUT2D eigenvalue weighted by molar-refractivity contribution is 7.12. The van der Waals surface area contributed by atoms with Crippen molar-refractivity contribution in [3.05, 3.63) is 28.0 Å². The lowest BCUT2D eigenvalue weighted by Gasteiger charge is -1.95. The van der Waals surface area contributed by atoms with Crippen LogP contribution in [0.3, 0.4) is 0 Å². The second kappa shape index (κ2) is 5.31. The van der Waals surface area contributed by atoms with Gasteiger partial charge in [-0.1, -0.05) is 12.2 Å². The van der Waals surface area contributed by atoms with Gasteiger partial charge in [-0.15, -0.1) is 11.3 Å². The number of carbonyl (C=O) groups is 2. The largest absolute Gasteiger partial charge is 0.477 e. The van der Waals surface area contributed by atoms with E-state index in [4.69, 9.17) is 5.11 Å². The van der Waals surface area contributed by atoms with Crippen LogP contribution in [-0.2, 0) is 4.79 Å². The Balaban J connectivity index is 2.60. The quantitative estimate of drug-likeness (QED) is 0.817. The molecule has 0 aliphatic heterocycles. The van der Waals surface area contributed by atoms with Crippen LogP contribution < -0.4 is 5.32 Å². The predicted octanol–water partition coefficient (Wildman–Crippen LogP) is 1.60. The SMILES string of the molecule is CC(=O)NCC=Cc1ccsc1C(=O)O. The number of amides is 1. The lowest BCUT2D eigenvalue weighted by molar-refractivity contribution is -0.118. The zero-order valence-electron chi connectivity index (χ0n) is 8.19. The van der Waals surface area contributed by atoms with Crippen molar-refractivity contribution in [2.24, 2.45) is 0 Å². The number of hydrogen-bond acceptors (Lipinski definition) is 3. The fourth-order valence-electron chi connectivity index (χ4n) is 1.01. The first-order valence-electron chi connectivity index (χ1n) is 4.33. The van der Waals surface area contributed by atoms with Gasteiger partial charge >= 0.3 is 5.97 Å². The second-order valence-corrected chi connectivity index (χ2v) is 3.77. The average molecular weight is 225 g/mol. The molecule has 1 amide bonds. The Morgan fingerprint density at radius 3 is 2.93 bits per heavy atom. The van der Waals surface area contributed by atoms with E-state index in [0.717, 1.165) is 0 Å². The van der Waals surface area contributed by atoms with Gasteiger partial charge in [-0.25, -0.2) is 4.79 Å². The van der Waals surface area contributed by atoms with E-state index in [2.05, 4.69) is 5.32 Å². The maximum absolute atomic E-state index is 10.7. The molecule has 2 N–H and O–H groups in total. The van der Waals surface area contributed by atoms with Gasteiger partial charge < -0.3 is 10.4 Å². The van der Waals surface area contributed by atoms with Gasteiger partial charge in [-0.2, -0.15) is 0 Å². The number of aromatic carboxylic acids is 1. The normalized spacial score (nSPS) is 10.5. The van der Waals surface area contributed by atoms with Gasteiger partial charge in [0.05, 0.1) is 0 Å². The molecule has 0 aliphatic carbocycles. The zero-order chi connectivity index (χ0) is 11.3. The molecule has 0 unspecified atom stereocenters. The third kappa shape index (κ3) is 3.55. The van der Waals surface area contributed by atoms with E-state index in [0.29, 0.717) is 17.0 Å². The first-order chi connectivity index (χ1) is 7.11. The Hall–Kier alpha value is -1.62. The van der Waals surface area contributed by atoms with Crippen molar-refractivity contribution >= 4 is 29.3 Å². The summed E-state index contributed by atoms with van der Waals surface area (Å²) in [4.78, 5) is 21.6. The Kier molecular flexibility index (Phi) is 4.05. The summed E-state index contributed by atoms with van der Waals surface area (Å²) in [7, 11) is 0. The molecule has 0 saturated carbocycles. The van der Waals surface area contributed by atoms with Gasteiger partial charge in [0.1, 0.15) is 4.88 Å². The van der Waals surface area contributed by atoms with E-state index in [-0.39, 0.29) is 5.91 Å². The van der Waals surface area contributed by atoms with Crippen molar-refractivity contribution in [1.29, 1.82) is 0 Å². The fourth-order valence-corrected chi connectivity index (χ4v) is 1.74. The molecule has 5 heteroatoms. The molecule has 0 bridgehead atoms. The molecule has 80 valence electrons. The molecule has 1 heterocycles. The maximum Gasteiger partial charge on any atom is 0.346 e. The monoisotopic (exact) mass is 225 g/mol. The summed E-state index contributed by atoms with van der Waals surface area (Å²) in [6.45, 7) is 1.84. The van der Waals surface area contributed by atoms with Crippen LogP contribution in [0.5, 0.6) is 0 Å². The van der Waals surface area contributed by atoms with Crippen LogP contribution in [0.15, 0.2) is 17.5 Å². The fraction of sp³-hybridized carbons (Fsp3) is 0.200. The predicted molar refractivity (Wildman–Crippen MR) is 59.0 cm³/mol. The number of rotatable bonds is 4. The van der Waals surface area contributed by atoms with Crippen LogP contribution in [0.4, 0.5) is 0 Å². The minimum atomic E-state index is -0.927. The smallest absolute Gasteiger partial charge is 0.346 e. The highest BCUT2D eigenvalue weighted by atomic mass is 32.1. The number of carbonyl (C=O) groups excluding carboxylic acids is 1. The van der Waals surface area contributed by atoms with E-state index in [9.17, 15) is 9.59 Å². The first kappa shape index (κ1) is 11.5. The molecule has 0 radical (unpaired) electrons. The van der Waals surface area contributed by atoms with Gasteiger partial charge in [0, 0.05) is 13.5 Å². The molecule has 4 nitrogen and oxygen atoms in total. The topological polar surface area (TPSA) is 66.4 Å². The maximum atomic E-state index is 10.7. The molecular weight excluding hydrogens is 214 g/mol. The lowest BCUT2D eigenvalue weighted by atomic mass is 10.2. The summed E-state index contributed by atoms with van der Waals surface area (Å²) >= 11 is 1.18. The Morgan fingerprint density at radius 2 is 2.33 bits per heavy atom. The van der Waals surface area contributed by atoms with E-state index in [1.807, 2.05) is 0 Å². The molecule has 1 aromatic heterocycles. The zero-order valence-corrected chi connectivity index (χ0v) is 9.00. The highest BCUT2D eigenvalue weighted by Gasteiger charge is 2.08. The van der Waals surface area contributed by atoms with Gasteiger partial charge in [0.25, 0.3) is 0 Å². The summed E-state index contributed by atoms with van der Waals surface area (Å²) in [5, 5.41) is 13.1. The summed E-state index contributed by atoms with van der Waals surface area (Å²) in [6.07, 6.45) is 3.41. The Labute approximate surface area is 91.2 Å². The van der Waals surface area contributed by atoms with E-state index in [1.165, 1.54) is 18.3 Å².